The van der Waals surface area contributed by atoms with Crippen LogP contribution in [0.2, 0.25) is 0 Å². The molecule has 0 radical (unpaired) electrons. The SMILES string of the molecule is COc1cc(OC)cc(C(=O)NC(=NCCc2c[nH]c3ccccc23)Nc2cccc(C)c2)c1. The number of anilines is 1. The molecule has 4 aromatic rings. The molecular formula is C27H28N4O3. The molecule has 0 bridgehead atoms. The molecule has 34 heavy (non-hydrogen) atoms. The third kappa shape index (κ3) is 5.56. The predicted octanol–water partition coefficient (Wildman–Crippen LogP) is 4.93. The average Bonchev–Trinajstić information content (AvgIpc) is 3.26. The van der Waals surface area contributed by atoms with Gasteiger partial charge in [0, 0.05) is 41.0 Å². The summed E-state index contributed by atoms with van der Waals surface area (Å²) in [5.74, 6) is 1.13. The second-order valence-corrected chi connectivity index (χ2v) is 7.89. The van der Waals surface area contributed by atoms with Crippen LogP contribution in [0.15, 0.2) is 77.9 Å². The van der Waals surface area contributed by atoms with Crippen molar-refractivity contribution in [1.29, 1.82) is 0 Å². The molecule has 7 heteroatoms. The summed E-state index contributed by atoms with van der Waals surface area (Å²) in [7, 11) is 3.10. The van der Waals surface area contributed by atoms with Crippen LogP contribution < -0.4 is 20.1 Å². The molecule has 0 saturated carbocycles. The Balaban J connectivity index is 1.55. The maximum atomic E-state index is 13.1. The number of nitrogens with one attached hydrogen (secondary N) is 3. The highest BCUT2D eigenvalue weighted by Gasteiger charge is 2.13. The number of para-hydroxylation sites is 1. The summed E-state index contributed by atoms with van der Waals surface area (Å²) in [5, 5.41) is 7.32. The lowest BCUT2D eigenvalue weighted by atomic mass is 10.1. The van der Waals surface area contributed by atoms with E-state index in [1.54, 1.807) is 32.4 Å². The number of carbonyl (C=O) groups excluding carboxylic acids is 1. The second-order valence-electron chi connectivity index (χ2n) is 7.89. The summed E-state index contributed by atoms with van der Waals surface area (Å²) in [4.78, 5) is 21.0. The zero-order valence-corrected chi connectivity index (χ0v) is 19.5. The number of H-pyrrole nitrogens is 1. The number of hydrogen-bond donors (Lipinski definition) is 3. The fourth-order valence-corrected chi connectivity index (χ4v) is 3.71. The number of aromatic nitrogens is 1. The highest BCUT2D eigenvalue weighted by Crippen LogP contribution is 2.22. The lowest BCUT2D eigenvalue weighted by Crippen LogP contribution is -2.36. The summed E-state index contributed by atoms with van der Waals surface area (Å²) in [6, 6.07) is 21.1. The number of aliphatic imine (C=N–C) groups is 1. The van der Waals surface area contributed by atoms with Crippen molar-refractivity contribution in [3.63, 3.8) is 0 Å². The monoisotopic (exact) mass is 456 g/mol. The zero-order valence-electron chi connectivity index (χ0n) is 19.5. The molecule has 1 aromatic heterocycles. The number of aromatic amines is 1. The number of carbonyl (C=O) groups is 1. The van der Waals surface area contributed by atoms with Gasteiger partial charge in [0.15, 0.2) is 0 Å². The van der Waals surface area contributed by atoms with Gasteiger partial charge in [0.25, 0.3) is 5.91 Å². The number of hydrogen-bond acceptors (Lipinski definition) is 4. The van der Waals surface area contributed by atoms with Crippen LogP contribution in [-0.4, -0.2) is 37.6 Å². The predicted molar refractivity (Wildman–Crippen MR) is 136 cm³/mol. The van der Waals surface area contributed by atoms with Crippen molar-refractivity contribution in [1.82, 2.24) is 10.3 Å². The van der Waals surface area contributed by atoms with Crippen molar-refractivity contribution in [2.75, 3.05) is 26.1 Å². The summed E-state index contributed by atoms with van der Waals surface area (Å²) < 4.78 is 10.6. The number of methoxy groups -OCH3 is 2. The summed E-state index contributed by atoms with van der Waals surface area (Å²) >= 11 is 0. The van der Waals surface area contributed by atoms with Crippen LogP contribution in [0, 0.1) is 6.92 Å². The van der Waals surface area contributed by atoms with Crippen LogP contribution in [0.1, 0.15) is 21.5 Å². The molecule has 0 aliphatic heterocycles. The van der Waals surface area contributed by atoms with E-state index in [0.29, 0.717) is 29.6 Å². The first-order valence-corrected chi connectivity index (χ1v) is 11.0. The Hall–Kier alpha value is -4.26. The Bertz CT molecular complexity index is 1300. The van der Waals surface area contributed by atoms with Crippen LogP contribution in [0.3, 0.4) is 0 Å². The van der Waals surface area contributed by atoms with Crippen molar-refractivity contribution in [2.24, 2.45) is 4.99 Å². The number of fused-ring (bicyclic) bond motifs is 1. The number of ether oxygens (including phenoxy) is 2. The Kier molecular flexibility index (Phi) is 7.13. The van der Waals surface area contributed by atoms with Crippen LogP contribution in [0.5, 0.6) is 11.5 Å². The first-order chi connectivity index (χ1) is 16.6. The molecule has 1 heterocycles. The fourth-order valence-electron chi connectivity index (χ4n) is 3.71. The molecule has 1 amide bonds. The lowest BCUT2D eigenvalue weighted by molar-refractivity contribution is 0.0976. The fraction of sp³-hybridized carbons (Fsp3) is 0.185. The third-order valence-corrected chi connectivity index (χ3v) is 5.45. The Morgan fingerprint density at radius 3 is 2.47 bits per heavy atom. The van der Waals surface area contributed by atoms with Gasteiger partial charge in [-0.15, -0.1) is 0 Å². The molecule has 0 spiro atoms. The van der Waals surface area contributed by atoms with Gasteiger partial charge in [0.05, 0.1) is 14.2 Å². The van der Waals surface area contributed by atoms with Gasteiger partial charge in [-0.05, 0) is 54.8 Å². The molecule has 0 aliphatic rings. The lowest BCUT2D eigenvalue weighted by Gasteiger charge is -2.13. The first-order valence-electron chi connectivity index (χ1n) is 11.0. The minimum absolute atomic E-state index is 0.316. The van der Waals surface area contributed by atoms with Crippen molar-refractivity contribution in [3.05, 3.63) is 89.6 Å². The van der Waals surface area contributed by atoms with Gasteiger partial charge in [-0.1, -0.05) is 30.3 Å². The summed E-state index contributed by atoms with van der Waals surface area (Å²) in [6.45, 7) is 2.51. The van der Waals surface area contributed by atoms with E-state index in [-0.39, 0.29) is 5.91 Å². The Morgan fingerprint density at radius 1 is 0.971 bits per heavy atom. The quantitative estimate of drug-likeness (QED) is 0.272. The molecule has 3 aromatic carbocycles. The van der Waals surface area contributed by atoms with E-state index in [1.165, 1.54) is 10.9 Å². The number of amides is 1. The molecule has 0 aliphatic carbocycles. The van der Waals surface area contributed by atoms with Crippen LogP contribution in [0.4, 0.5) is 5.69 Å². The van der Waals surface area contributed by atoms with Crippen molar-refractivity contribution >= 4 is 28.5 Å². The molecule has 0 unspecified atom stereocenters. The van der Waals surface area contributed by atoms with Crippen molar-refractivity contribution in [2.45, 2.75) is 13.3 Å². The molecule has 7 nitrogen and oxygen atoms in total. The molecule has 0 fully saturated rings. The molecular weight excluding hydrogens is 428 g/mol. The van der Waals surface area contributed by atoms with Gasteiger partial charge in [-0.25, -0.2) is 0 Å². The normalized spacial score (nSPS) is 11.3. The smallest absolute Gasteiger partial charge is 0.258 e. The van der Waals surface area contributed by atoms with E-state index < -0.39 is 0 Å². The summed E-state index contributed by atoms with van der Waals surface area (Å²) in [5.41, 5.74) is 4.63. The molecule has 0 atom stereocenters. The average molecular weight is 457 g/mol. The molecule has 4 rings (SSSR count). The van der Waals surface area contributed by atoms with Gasteiger partial charge in [0.1, 0.15) is 11.5 Å². The molecule has 0 saturated heterocycles. The largest absolute Gasteiger partial charge is 0.497 e. The van der Waals surface area contributed by atoms with Gasteiger partial charge in [-0.2, -0.15) is 0 Å². The van der Waals surface area contributed by atoms with Gasteiger partial charge in [-0.3, -0.25) is 15.1 Å². The number of aryl methyl sites for hydroxylation is 1. The van der Waals surface area contributed by atoms with Crippen LogP contribution in [0.25, 0.3) is 10.9 Å². The Morgan fingerprint density at radius 2 is 1.74 bits per heavy atom. The summed E-state index contributed by atoms with van der Waals surface area (Å²) in [6.07, 6.45) is 2.74. The standard InChI is InChI=1S/C27H28N4O3/c1-18-7-6-8-21(13-18)30-27(28-12-11-19-17-29-25-10-5-4-9-24(19)25)31-26(32)20-14-22(33-2)16-23(15-20)34-3/h4-10,13-17,29H,11-12H2,1-3H3,(H2,28,30,31,32). The highest BCUT2D eigenvalue weighted by molar-refractivity contribution is 6.10. The van der Waals surface area contributed by atoms with Gasteiger partial charge >= 0.3 is 0 Å². The van der Waals surface area contributed by atoms with Crippen LogP contribution >= 0.6 is 0 Å². The Labute approximate surface area is 198 Å². The van der Waals surface area contributed by atoms with E-state index in [1.807, 2.05) is 49.5 Å². The van der Waals surface area contributed by atoms with Gasteiger partial charge in [0.2, 0.25) is 5.96 Å². The highest BCUT2D eigenvalue weighted by atomic mass is 16.5. The number of rotatable bonds is 7. The minimum Gasteiger partial charge on any atom is -0.497 e. The number of benzene rings is 3. The first kappa shape index (κ1) is 22.9. The van der Waals surface area contributed by atoms with E-state index in [9.17, 15) is 4.79 Å². The second kappa shape index (κ2) is 10.6. The van der Waals surface area contributed by atoms with E-state index in [4.69, 9.17) is 9.47 Å². The minimum atomic E-state index is -0.316. The van der Waals surface area contributed by atoms with Crippen molar-refractivity contribution < 1.29 is 14.3 Å². The van der Waals surface area contributed by atoms with E-state index in [0.717, 1.165) is 23.2 Å². The maximum Gasteiger partial charge on any atom is 0.258 e. The zero-order chi connectivity index (χ0) is 23.9. The topological polar surface area (TPSA) is 87.7 Å². The van der Waals surface area contributed by atoms with Crippen molar-refractivity contribution in [3.8, 4) is 11.5 Å². The van der Waals surface area contributed by atoms with Crippen LogP contribution in [-0.2, 0) is 6.42 Å². The van der Waals surface area contributed by atoms with Gasteiger partial charge < -0.3 is 19.8 Å². The maximum absolute atomic E-state index is 13.1. The number of guanidine groups is 1. The van der Waals surface area contributed by atoms with E-state index in [2.05, 4.69) is 32.7 Å². The van der Waals surface area contributed by atoms with E-state index >= 15 is 0 Å². The molecule has 3 N–H and O–H groups in total. The number of nitrogens with zero attached hydrogens (tertiary/aromatic N) is 1. The molecule has 174 valence electrons. The third-order valence-electron chi connectivity index (χ3n) is 5.45.